The number of nitriles is 1. The fourth-order valence-corrected chi connectivity index (χ4v) is 1.60. The van der Waals surface area contributed by atoms with Crippen molar-refractivity contribution in [2.75, 3.05) is 19.6 Å². The molecule has 0 spiro atoms. The van der Waals surface area contributed by atoms with E-state index in [0.29, 0.717) is 0 Å². The molecule has 1 fully saturated rings. The predicted molar refractivity (Wildman–Crippen MR) is 45.5 cm³/mol. The molecule has 0 aliphatic carbocycles. The molecule has 62 valence electrons. The van der Waals surface area contributed by atoms with Crippen LogP contribution in [0.1, 0.15) is 19.3 Å². The lowest BCUT2D eigenvalue weighted by Crippen LogP contribution is -2.34. The van der Waals surface area contributed by atoms with Gasteiger partial charge in [0.25, 0.3) is 0 Å². The highest BCUT2D eigenvalue weighted by molar-refractivity contribution is 6.22. The lowest BCUT2D eigenvalue weighted by molar-refractivity contribution is 0.235. The van der Waals surface area contributed by atoms with Crippen LogP contribution in [0.15, 0.2) is 0 Å². The van der Waals surface area contributed by atoms with Crippen molar-refractivity contribution in [1.29, 1.82) is 5.26 Å². The van der Waals surface area contributed by atoms with Crippen LogP contribution in [0.3, 0.4) is 0 Å². The molecule has 1 unspecified atom stereocenters. The van der Waals surface area contributed by atoms with E-state index < -0.39 is 0 Å². The van der Waals surface area contributed by atoms with E-state index in [1.165, 1.54) is 19.3 Å². The minimum atomic E-state index is -0.326. The van der Waals surface area contributed by atoms with Gasteiger partial charge in [0.15, 0.2) is 0 Å². The molecule has 1 atom stereocenters. The van der Waals surface area contributed by atoms with Gasteiger partial charge in [-0.25, -0.2) is 0 Å². The number of hydrogen-bond acceptors (Lipinski definition) is 2. The highest BCUT2D eigenvalue weighted by Crippen LogP contribution is 2.10. The zero-order valence-corrected chi connectivity index (χ0v) is 7.35. The van der Waals surface area contributed by atoms with Crippen LogP contribution in [-0.2, 0) is 0 Å². The third kappa shape index (κ3) is 3.09. The first kappa shape index (κ1) is 8.83. The van der Waals surface area contributed by atoms with E-state index in [-0.39, 0.29) is 5.38 Å². The second kappa shape index (κ2) is 4.58. The second-order valence-electron chi connectivity index (χ2n) is 2.96. The van der Waals surface area contributed by atoms with Gasteiger partial charge in [-0.05, 0) is 25.9 Å². The summed E-state index contributed by atoms with van der Waals surface area (Å²) in [6.07, 6.45) is 3.85. The first-order valence-corrected chi connectivity index (χ1v) is 4.52. The van der Waals surface area contributed by atoms with Gasteiger partial charge in [0.05, 0.1) is 6.07 Å². The van der Waals surface area contributed by atoms with Crippen LogP contribution in [0.4, 0.5) is 0 Å². The molecule has 1 aliphatic rings. The van der Waals surface area contributed by atoms with Crippen molar-refractivity contribution in [1.82, 2.24) is 4.90 Å². The van der Waals surface area contributed by atoms with Gasteiger partial charge >= 0.3 is 0 Å². The molecule has 0 bridgehead atoms. The molecule has 1 heterocycles. The SMILES string of the molecule is N#CC(Cl)CN1CCCCC1. The Morgan fingerprint density at radius 1 is 1.36 bits per heavy atom. The van der Waals surface area contributed by atoms with Crippen molar-refractivity contribution in [3.8, 4) is 6.07 Å². The monoisotopic (exact) mass is 172 g/mol. The quantitative estimate of drug-likeness (QED) is 0.592. The maximum absolute atomic E-state index is 8.46. The first-order valence-electron chi connectivity index (χ1n) is 4.09. The molecule has 0 aromatic carbocycles. The van der Waals surface area contributed by atoms with Gasteiger partial charge in [-0.1, -0.05) is 6.42 Å². The number of piperidine rings is 1. The summed E-state index contributed by atoms with van der Waals surface area (Å²) in [6.45, 7) is 2.97. The largest absolute Gasteiger partial charge is 0.301 e. The summed E-state index contributed by atoms with van der Waals surface area (Å²) in [5, 5.41) is 8.13. The topological polar surface area (TPSA) is 27.0 Å². The highest BCUT2D eigenvalue weighted by Gasteiger charge is 2.13. The zero-order valence-electron chi connectivity index (χ0n) is 6.59. The van der Waals surface area contributed by atoms with Crippen LogP contribution in [-0.4, -0.2) is 29.9 Å². The van der Waals surface area contributed by atoms with Crippen molar-refractivity contribution in [2.24, 2.45) is 0 Å². The Morgan fingerprint density at radius 2 is 2.00 bits per heavy atom. The molecule has 2 nitrogen and oxygen atoms in total. The molecule has 0 aromatic rings. The molecule has 0 radical (unpaired) electrons. The molecule has 11 heavy (non-hydrogen) atoms. The van der Waals surface area contributed by atoms with Gasteiger partial charge in [-0.3, -0.25) is 0 Å². The summed E-state index contributed by atoms with van der Waals surface area (Å²) in [5.74, 6) is 0. The molecule has 0 aromatic heterocycles. The van der Waals surface area contributed by atoms with Crippen molar-refractivity contribution < 1.29 is 0 Å². The Hall–Kier alpha value is -0.260. The summed E-state index contributed by atoms with van der Waals surface area (Å²) in [6, 6.07) is 2.04. The van der Waals surface area contributed by atoms with Crippen LogP contribution in [0.25, 0.3) is 0 Å². The van der Waals surface area contributed by atoms with Gasteiger partial charge in [0, 0.05) is 6.54 Å². The third-order valence-corrected chi connectivity index (χ3v) is 2.24. The molecular formula is C8H13ClN2. The Kier molecular flexibility index (Phi) is 3.68. The lowest BCUT2D eigenvalue weighted by atomic mass is 10.1. The Balaban J connectivity index is 2.20. The van der Waals surface area contributed by atoms with E-state index in [1.54, 1.807) is 0 Å². The number of rotatable bonds is 2. The lowest BCUT2D eigenvalue weighted by Gasteiger charge is -2.26. The number of alkyl halides is 1. The second-order valence-corrected chi connectivity index (χ2v) is 3.48. The number of halogens is 1. The van der Waals surface area contributed by atoms with Gasteiger partial charge in [0.1, 0.15) is 5.38 Å². The Morgan fingerprint density at radius 3 is 2.55 bits per heavy atom. The molecular weight excluding hydrogens is 160 g/mol. The Labute approximate surface area is 72.7 Å². The average molecular weight is 173 g/mol. The summed E-state index contributed by atoms with van der Waals surface area (Å²) in [4.78, 5) is 2.27. The molecule has 1 saturated heterocycles. The van der Waals surface area contributed by atoms with Crippen molar-refractivity contribution in [3.63, 3.8) is 0 Å². The maximum atomic E-state index is 8.46. The average Bonchev–Trinajstić information content (AvgIpc) is 2.06. The fourth-order valence-electron chi connectivity index (χ4n) is 1.41. The van der Waals surface area contributed by atoms with Gasteiger partial charge in [0.2, 0.25) is 0 Å². The van der Waals surface area contributed by atoms with Crippen molar-refractivity contribution in [3.05, 3.63) is 0 Å². The summed E-state index contributed by atoms with van der Waals surface area (Å²) in [7, 11) is 0. The summed E-state index contributed by atoms with van der Waals surface area (Å²) in [5.41, 5.74) is 0. The van der Waals surface area contributed by atoms with Crippen LogP contribution in [0.5, 0.6) is 0 Å². The summed E-state index contributed by atoms with van der Waals surface area (Å²) < 4.78 is 0. The highest BCUT2D eigenvalue weighted by atomic mass is 35.5. The van der Waals surface area contributed by atoms with E-state index in [2.05, 4.69) is 4.90 Å². The normalized spacial score (nSPS) is 22.5. The van der Waals surface area contributed by atoms with E-state index in [1.807, 2.05) is 6.07 Å². The molecule has 1 aliphatic heterocycles. The molecule has 0 saturated carbocycles. The van der Waals surface area contributed by atoms with Crippen LogP contribution >= 0.6 is 11.6 Å². The van der Waals surface area contributed by atoms with E-state index >= 15 is 0 Å². The molecule has 0 N–H and O–H groups in total. The Bertz CT molecular complexity index is 147. The third-order valence-electron chi connectivity index (χ3n) is 2.01. The minimum Gasteiger partial charge on any atom is -0.301 e. The van der Waals surface area contributed by atoms with E-state index in [9.17, 15) is 0 Å². The van der Waals surface area contributed by atoms with Gasteiger partial charge in [-0.15, -0.1) is 11.6 Å². The van der Waals surface area contributed by atoms with E-state index in [4.69, 9.17) is 16.9 Å². The van der Waals surface area contributed by atoms with Crippen LogP contribution in [0.2, 0.25) is 0 Å². The smallest absolute Gasteiger partial charge is 0.133 e. The van der Waals surface area contributed by atoms with Crippen LogP contribution < -0.4 is 0 Å². The summed E-state index contributed by atoms with van der Waals surface area (Å²) >= 11 is 5.70. The fraction of sp³-hybridized carbons (Fsp3) is 0.875. The van der Waals surface area contributed by atoms with Gasteiger partial charge in [-0.2, -0.15) is 5.26 Å². The van der Waals surface area contributed by atoms with Crippen molar-refractivity contribution in [2.45, 2.75) is 24.6 Å². The van der Waals surface area contributed by atoms with Gasteiger partial charge < -0.3 is 4.90 Å². The zero-order chi connectivity index (χ0) is 8.10. The van der Waals surface area contributed by atoms with E-state index in [0.717, 1.165) is 19.6 Å². The molecule has 1 rings (SSSR count). The predicted octanol–water partition coefficient (Wildman–Crippen LogP) is 1.60. The first-order chi connectivity index (χ1) is 5.33. The van der Waals surface area contributed by atoms with Crippen LogP contribution in [0, 0.1) is 11.3 Å². The maximum Gasteiger partial charge on any atom is 0.133 e. The van der Waals surface area contributed by atoms with Crippen molar-refractivity contribution >= 4 is 11.6 Å². The number of likely N-dealkylation sites (tertiary alicyclic amines) is 1. The number of hydrogen-bond donors (Lipinski definition) is 0. The standard InChI is InChI=1S/C8H13ClN2/c9-8(6-10)7-11-4-2-1-3-5-11/h8H,1-5,7H2. The minimum absolute atomic E-state index is 0.326. The molecule has 0 amide bonds. The number of nitrogens with zero attached hydrogens (tertiary/aromatic N) is 2. The molecule has 3 heteroatoms.